The lowest BCUT2D eigenvalue weighted by atomic mass is 10.1. The van der Waals surface area contributed by atoms with Crippen molar-refractivity contribution >= 4 is 38.9 Å². The molecule has 2 aromatic carbocycles. The number of hydrogen-bond donors (Lipinski definition) is 0. The topological polar surface area (TPSA) is 42.9 Å². The van der Waals surface area contributed by atoms with Crippen LogP contribution in [-0.4, -0.2) is 15.8 Å². The van der Waals surface area contributed by atoms with Crippen molar-refractivity contribution in [1.82, 2.24) is 9.97 Å². The number of aromatic nitrogens is 2. The molecule has 0 radical (unpaired) electrons. The predicted octanol–water partition coefficient (Wildman–Crippen LogP) is 5.86. The van der Waals surface area contributed by atoms with Gasteiger partial charge in [0.2, 0.25) is 5.78 Å². The minimum Gasteiger partial charge on any atom is -0.288 e. The number of benzene rings is 2. The third-order valence-electron chi connectivity index (χ3n) is 4.32. The van der Waals surface area contributed by atoms with Crippen LogP contribution in [0.4, 0.5) is 0 Å². The predicted molar refractivity (Wildman–Crippen MR) is 107 cm³/mol. The number of rotatable bonds is 3. The van der Waals surface area contributed by atoms with Crippen molar-refractivity contribution in [2.75, 3.05) is 0 Å². The number of halogens is 1. The molecule has 3 nitrogen and oxygen atoms in total. The van der Waals surface area contributed by atoms with E-state index in [0.717, 1.165) is 31.9 Å². The Balaban J connectivity index is 1.85. The highest BCUT2D eigenvalue weighted by molar-refractivity contribution is 7.20. The Kier molecular flexibility index (Phi) is 4.31. The van der Waals surface area contributed by atoms with Crippen LogP contribution < -0.4 is 0 Å². The zero-order valence-corrected chi connectivity index (χ0v) is 15.9. The van der Waals surface area contributed by atoms with E-state index in [-0.39, 0.29) is 5.78 Å². The van der Waals surface area contributed by atoms with Crippen LogP contribution in [0.25, 0.3) is 21.6 Å². The number of hydrogen-bond acceptors (Lipinski definition) is 4. The van der Waals surface area contributed by atoms with Crippen LogP contribution in [0.3, 0.4) is 0 Å². The molecule has 0 aliphatic carbocycles. The van der Waals surface area contributed by atoms with E-state index in [9.17, 15) is 4.79 Å². The molecule has 26 heavy (non-hydrogen) atoms. The Bertz CT molecular complexity index is 1120. The average Bonchev–Trinajstić information content (AvgIpc) is 2.99. The van der Waals surface area contributed by atoms with E-state index >= 15 is 0 Å². The number of nitrogens with zero attached hydrogens (tertiary/aromatic N) is 2. The molecule has 0 fully saturated rings. The third-order valence-corrected chi connectivity index (χ3v) is 5.75. The fourth-order valence-corrected chi connectivity index (χ4v) is 4.32. The summed E-state index contributed by atoms with van der Waals surface area (Å²) in [5, 5.41) is 1.64. The van der Waals surface area contributed by atoms with E-state index in [2.05, 4.69) is 4.98 Å². The SMILES string of the molecule is Cc1nc(-c2ccc(Cl)cc2)nc2sc(C(=O)c3ccccc3)c(C)c12. The van der Waals surface area contributed by atoms with Gasteiger partial charge in [-0.1, -0.05) is 41.9 Å². The molecule has 0 bridgehead atoms. The van der Waals surface area contributed by atoms with Crippen LogP contribution >= 0.6 is 22.9 Å². The summed E-state index contributed by atoms with van der Waals surface area (Å²) in [6.45, 7) is 3.92. The second-order valence-corrected chi connectivity index (χ2v) is 7.51. The largest absolute Gasteiger partial charge is 0.288 e. The van der Waals surface area contributed by atoms with Gasteiger partial charge in [-0.3, -0.25) is 4.79 Å². The van der Waals surface area contributed by atoms with Gasteiger partial charge in [-0.2, -0.15) is 0 Å². The molecule has 0 saturated heterocycles. The minimum atomic E-state index is 0.0264. The maximum Gasteiger partial charge on any atom is 0.203 e. The summed E-state index contributed by atoms with van der Waals surface area (Å²) in [4.78, 5) is 23.8. The standard InChI is InChI=1S/C21H15ClN2OS/c1-12-17-13(2)23-20(15-8-10-16(22)11-9-15)24-21(17)26-19(12)18(25)14-6-4-3-5-7-14/h3-11H,1-2H3. The normalized spacial score (nSPS) is 11.0. The van der Waals surface area contributed by atoms with Crippen molar-refractivity contribution in [1.29, 1.82) is 0 Å². The van der Waals surface area contributed by atoms with Gasteiger partial charge in [-0.15, -0.1) is 11.3 Å². The molecule has 4 aromatic rings. The number of carbonyl (C=O) groups is 1. The Morgan fingerprint density at radius 1 is 0.962 bits per heavy atom. The summed E-state index contributed by atoms with van der Waals surface area (Å²) in [5.41, 5.74) is 3.41. The number of ketones is 1. The monoisotopic (exact) mass is 378 g/mol. The summed E-state index contributed by atoms with van der Waals surface area (Å²) >= 11 is 7.39. The second-order valence-electron chi connectivity index (χ2n) is 6.07. The van der Waals surface area contributed by atoms with Crippen LogP contribution in [0.2, 0.25) is 5.02 Å². The lowest BCUT2D eigenvalue weighted by Crippen LogP contribution is -2.00. The summed E-state index contributed by atoms with van der Waals surface area (Å²) in [7, 11) is 0. The molecular weight excluding hydrogens is 364 g/mol. The van der Waals surface area contributed by atoms with Crippen molar-refractivity contribution in [2.24, 2.45) is 0 Å². The van der Waals surface area contributed by atoms with E-state index in [1.807, 2.05) is 68.4 Å². The molecule has 5 heteroatoms. The third kappa shape index (κ3) is 2.91. The van der Waals surface area contributed by atoms with E-state index in [4.69, 9.17) is 16.6 Å². The maximum absolute atomic E-state index is 12.9. The van der Waals surface area contributed by atoms with Gasteiger partial charge in [-0.25, -0.2) is 9.97 Å². The van der Waals surface area contributed by atoms with Crippen LogP contribution in [0.5, 0.6) is 0 Å². The van der Waals surface area contributed by atoms with E-state index in [1.54, 1.807) is 0 Å². The lowest BCUT2D eigenvalue weighted by Gasteiger charge is -2.04. The molecule has 0 spiro atoms. The molecule has 0 atom stereocenters. The smallest absolute Gasteiger partial charge is 0.203 e. The molecular formula is C21H15ClN2OS. The molecule has 2 heterocycles. The van der Waals surface area contributed by atoms with Crippen molar-refractivity contribution < 1.29 is 4.79 Å². The Labute approximate surface area is 160 Å². The first-order valence-electron chi connectivity index (χ1n) is 8.18. The quantitative estimate of drug-likeness (QED) is 0.419. The molecule has 0 N–H and O–H groups in total. The summed E-state index contributed by atoms with van der Waals surface area (Å²) < 4.78 is 0. The van der Waals surface area contributed by atoms with Gasteiger partial charge >= 0.3 is 0 Å². The average molecular weight is 379 g/mol. The number of aryl methyl sites for hydroxylation is 2. The van der Waals surface area contributed by atoms with Gasteiger partial charge in [0.25, 0.3) is 0 Å². The van der Waals surface area contributed by atoms with Crippen LogP contribution in [0.1, 0.15) is 26.5 Å². The first kappa shape index (κ1) is 16.9. The summed E-state index contributed by atoms with van der Waals surface area (Å²) in [5.74, 6) is 0.671. The molecule has 2 aromatic heterocycles. The highest BCUT2D eigenvalue weighted by Gasteiger charge is 2.20. The minimum absolute atomic E-state index is 0.0264. The van der Waals surface area contributed by atoms with Crippen LogP contribution in [0.15, 0.2) is 54.6 Å². The number of fused-ring (bicyclic) bond motifs is 1. The highest BCUT2D eigenvalue weighted by Crippen LogP contribution is 2.34. The molecule has 0 aliphatic rings. The Morgan fingerprint density at radius 3 is 2.35 bits per heavy atom. The van der Waals surface area contributed by atoms with E-state index in [0.29, 0.717) is 16.4 Å². The molecule has 0 saturated carbocycles. The number of carbonyl (C=O) groups excluding carboxylic acids is 1. The first-order valence-corrected chi connectivity index (χ1v) is 9.37. The molecule has 0 amide bonds. The van der Waals surface area contributed by atoms with Gasteiger partial charge in [0.1, 0.15) is 4.83 Å². The van der Waals surface area contributed by atoms with Gasteiger partial charge in [0, 0.05) is 21.5 Å². The maximum atomic E-state index is 12.9. The van der Waals surface area contributed by atoms with Crippen LogP contribution in [-0.2, 0) is 0 Å². The van der Waals surface area contributed by atoms with Crippen LogP contribution in [0, 0.1) is 13.8 Å². The lowest BCUT2D eigenvalue weighted by molar-refractivity contribution is 0.104. The second kappa shape index (κ2) is 6.63. The van der Waals surface area contributed by atoms with E-state index < -0.39 is 0 Å². The highest BCUT2D eigenvalue weighted by atomic mass is 35.5. The Morgan fingerprint density at radius 2 is 1.65 bits per heavy atom. The summed E-state index contributed by atoms with van der Waals surface area (Å²) in [6, 6.07) is 16.8. The zero-order valence-electron chi connectivity index (χ0n) is 14.3. The first-order chi connectivity index (χ1) is 12.5. The molecule has 0 aliphatic heterocycles. The van der Waals surface area contributed by atoms with Crippen molar-refractivity contribution in [2.45, 2.75) is 13.8 Å². The van der Waals surface area contributed by atoms with Gasteiger partial charge in [0.05, 0.1) is 10.6 Å². The van der Waals surface area contributed by atoms with Crippen molar-refractivity contribution in [3.05, 3.63) is 81.3 Å². The fourth-order valence-electron chi connectivity index (χ4n) is 3.00. The summed E-state index contributed by atoms with van der Waals surface area (Å²) in [6.07, 6.45) is 0. The van der Waals surface area contributed by atoms with Gasteiger partial charge in [-0.05, 0) is 43.7 Å². The zero-order chi connectivity index (χ0) is 18.3. The molecule has 0 unspecified atom stereocenters. The van der Waals surface area contributed by atoms with E-state index in [1.165, 1.54) is 11.3 Å². The van der Waals surface area contributed by atoms with Crippen molar-refractivity contribution in [3.8, 4) is 11.4 Å². The van der Waals surface area contributed by atoms with Crippen molar-refractivity contribution in [3.63, 3.8) is 0 Å². The molecule has 128 valence electrons. The fraction of sp³-hybridized carbons (Fsp3) is 0.0952. The van der Waals surface area contributed by atoms with Gasteiger partial charge in [0.15, 0.2) is 5.82 Å². The Hall–Kier alpha value is -2.56. The van der Waals surface area contributed by atoms with Gasteiger partial charge < -0.3 is 0 Å². The molecule has 4 rings (SSSR count). The number of thiophene rings is 1.